The molecule has 10 nitrogen and oxygen atoms in total. The number of nitrogens with zero attached hydrogens (tertiary/aromatic N) is 2. The van der Waals surface area contributed by atoms with Gasteiger partial charge < -0.3 is 14.8 Å². The third-order valence-corrected chi connectivity index (χ3v) is 4.75. The molecule has 32 heavy (non-hydrogen) atoms. The van der Waals surface area contributed by atoms with E-state index in [0.29, 0.717) is 13.0 Å². The van der Waals surface area contributed by atoms with Crippen molar-refractivity contribution in [3.8, 4) is 0 Å². The molecule has 0 fully saturated rings. The number of aliphatic carboxylic acids is 1. The van der Waals surface area contributed by atoms with Crippen LogP contribution in [0, 0.1) is 0 Å². The maximum Gasteiger partial charge on any atom is 0.338 e. The Kier molecular flexibility index (Phi) is 7.52. The van der Waals surface area contributed by atoms with Crippen molar-refractivity contribution in [1.29, 1.82) is 0 Å². The number of nitrogens with two attached hydrogens (primary N) is 2. The number of amides is 1. The van der Waals surface area contributed by atoms with E-state index in [-0.39, 0.29) is 30.1 Å². The van der Waals surface area contributed by atoms with E-state index in [2.05, 4.69) is 20.5 Å². The average Bonchev–Trinajstić information content (AvgIpc) is 3.27. The van der Waals surface area contributed by atoms with Crippen molar-refractivity contribution in [3.63, 3.8) is 0 Å². The third kappa shape index (κ3) is 5.91. The number of aromatic nitrogens is 2. The zero-order chi connectivity index (χ0) is 22.9. The Morgan fingerprint density at radius 3 is 2.12 bits per heavy atom. The number of carbonyl (C=O) groups is 2. The molecule has 3 rings (SSSR count). The molecule has 0 aliphatic heterocycles. The quantitative estimate of drug-likeness (QED) is 0.161. The molecule has 0 saturated carbocycles. The minimum atomic E-state index is -1.17. The van der Waals surface area contributed by atoms with Gasteiger partial charge in [-0.25, -0.2) is 4.79 Å². The zero-order valence-corrected chi connectivity index (χ0v) is 17.3. The number of nitrogens with one attached hydrogen (secondary N) is 2. The number of carbonyl (C=O) groups excluding carboxylic acids is 1. The van der Waals surface area contributed by atoms with Crippen molar-refractivity contribution in [2.75, 3.05) is 6.54 Å². The van der Waals surface area contributed by atoms with Crippen molar-refractivity contribution >= 4 is 17.8 Å². The summed E-state index contributed by atoms with van der Waals surface area (Å²) < 4.78 is 5.68. The minimum absolute atomic E-state index is 0.0469. The smallest absolute Gasteiger partial charge is 0.338 e. The van der Waals surface area contributed by atoms with E-state index in [9.17, 15) is 14.7 Å². The Bertz CT molecular complexity index is 1020. The van der Waals surface area contributed by atoms with Crippen LogP contribution in [-0.2, 0) is 4.79 Å². The lowest BCUT2D eigenvalue weighted by molar-refractivity contribution is -0.459. The summed E-state index contributed by atoms with van der Waals surface area (Å²) in [7, 11) is 0. The Morgan fingerprint density at radius 1 is 1.00 bits per heavy atom. The average molecular weight is 437 g/mol. The number of guanidine groups is 1. The largest absolute Gasteiger partial charge is 0.480 e. The molecule has 7 N–H and O–H groups in total. The lowest BCUT2D eigenvalue weighted by Crippen LogP contribution is -2.78. The molecule has 2 aromatic carbocycles. The Morgan fingerprint density at radius 2 is 1.59 bits per heavy atom. The summed E-state index contributed by atoms with van der Waals surface area (Å²) >= 11 is 0. The van der Waals surface area contributed by atoms with Crippen LogP contribution in [0.25, 0.3) is 0 Å². The predicted molar refractivity (Wildman–Crippen MR) is 115 cm³/mol. The molecule has 1 aromatic heterocycles. The van der Waals surface area contributed by atoms with Gasteiger partial charge in [0.1, 0.15) is 6.04 Å². The molecule has 166 valence electrons. The molecule has 0 spiro atoms. The first kappa shape index (κ1) is 22.5. The van der Waals surface area contributed by atoms with E-state index in [0.717, 1.165) is 11.1 Å². The summed E-state index contributed by atoms with van der Waals surface area (Å²) in [6.07, 6.45) is 0.591. The molecule has 3 aromatic rings. The van der Waals surface area contributed by atoms with Crippen LogP contribution >= 0.6 is 0 Å². The number of carboxylic acid groups (broad SMARTS) is 1. The van der Waals surface area contributed by atoms with E-state index in [1.54, 1.807) is 0 Å². The van der Waals surface area contributed by atoms with Gasteiger partial charge in [-0.3, -0.25) is 21.3 Å². The molecule has 0 aliphatic carbocycles. The molecular formula is C22H25N6O4+. The standard InChI is InChI=1S/C22H24N6O4/c23-22(24)25-13-7-12-16(21(30)31)26-18(29)20-28-27-19(32-20)17(14-8-3-1-4-9-14)15-10-5-2-6-11-15/h1-6,8-11,16-17H,7,12-13H2,(H,26,29)(H,30,31)(H4,23,24,25)/p+1/t16-/m0/s1. The number of hydrogen-bond acceptors (Lipinski definition) is 5. The Balaban J connectivity index is 1.77. The Labute approximate surface area is 184 Å². The van der Waals surface area contributed by atoms with Crippen LogP contribution in [0.3, 0.4) is 0 Å². The molecule has 1 atom stereocenters. The van der Waals surface area contributed by atoms with Gasteiger partial charge in [0.2, 0.25) is 5.89 Å². The lowest BCUT2D eigenvalue weighted by atomic mass is 9.91. The first-order chi connectivity index (χ1) is 15.5. The highest BCUT2D eigenvalue weighted by atomic mass is 16.4. The highest BCUT2D eigenvalue weighted by molar-refractivity contribution is 5.92. The summed E-state index contributed by atoms with van der Waals surface area (Å²) in [5.41, 5.74) is 12.4. The van der Waals surface area contributed by atoms with Crippen LogP contribution in [0.15, 0.2) is 65.1 Å². The fourth-order valence-electron chi connectivity index (χ4n) is 3.23. The van der Waals surface area contributed by atoms with Crippen LogP contribution in [0.2, 0.25) is 0 Å². The Hall–Kier alpha value is -4.21. The first-order valence-corrected chi connectivity index (χ1v) is 10.0. The van der Waals surface area contributed by atoms with Crippen LogP contribution in [0.1, 0.15) is 46.5 Å². The SMILES string of the molecule is NC(N)=[NH+]CCC[C@H](NC(=O)c1nnc(C(c2ccccc2)c2ccccc2)o1)C(=O)O. The summed E-state index contributed by atoms with van der Waals surface area (Å²) in [6, 6.07) is 18.0. The summed E-state index contributed by atoms with van der Waals surface area (Å²) in [6.45, 7) is 0.378. The maximum atomic E-state index is 12.6. The van der Waals surface area contributed by atoms with Crippen LogP contribution in [0.4, 0.5) is 0 Å². The fourth-order valence-corrected chi connectivity index (χ4v) is 3.23. The molecule has 0 radical (unpaired) electrons. The van der Waals surface area contributed by atoms with Gasteiger partial charge in [0.05, 0.1) is 12.5 Å². The number of carboxylic acids is 1. The molecule has 0 aliphatic rings. The molecule has 0 bridgehead atoms. The van der Waals surface area contributed by atoms with Gasteiger partial charge >= 0.3 is 23.7 Å². The summed E-state index contributed by atoms with van der Waals surface area (Å²) in [4.78, 5) is 26.8. The van der Waals surface area contributed by atoms with Gasteiger partial charge in [-0.05, 0) is 24.0 Å². The van der Waals surface area contributed by atoms with Crippen LogP contribution in [0.5, 0.6) is 0 Å². The molecule has 0 unspecified atom stereocenters. The van der Waals surface area contributed by atoms with Gasteiger partial charge in [-0.15, -0.1) is 10.2 Å². The van der Waals surface area contributed by atoms with Crippen molar-refractivity contribution in [2.24, 2.45) is 11.5 Å². The minimum Gasteiger partial charge on any atom is -0.480 e. The van der Waals surface area contributed by atoms with Gasteiger partial charge in [0.15, 0.2) is 0 Å². The van der Waals surface area contributed by atoms with Crippen molar-refractivity contribution in [2.45, 2.75) is 24.8 Å². The molecule has 0 saturated heterocycles. The van der Waals surface area contributed by atoms with Crippen molar-refractivity contribution in [3.05, 3.63) is 83.6 Å². The second-order valence-electron chi connectivity index (χ2n) is 7.09. The van der Waals surface area contributed by atoms with Crippen LogP contribution < -0.4 is 21.8 Å². The lowest BCUT2D eigenvalue weighted by Gasteiger charge is -2.14. The van der Waals surface area contributed by atoms with E-state index in [4.69, 9.17) is 15.9 Å². The number of rotatable bonds is 10. The van der Waals surface area contributed by atoms with Gasteiger partial charge in [0.25, 0.3) is 0 Å². The summed E-state index contributed by atoms with van der Waals surface area (Å²) in [5, 5.41) is 19.8. The van der Waals surface area contributed by atoms with Crippen LogP contribution in [-0.4, -0.2) is 45.7 Å². The van der Waals surface area contributed by atoms with E-state index >= 15 is 0 Å². The highest BCUT2D eigenvalue weighted by Gasteiger charge is 2.27. The fraction of sp³-hybridized carbons (Fsp3) is 0.227. The number of benzene rings is 2. The van der Waals surface area contributed by atoms with Crippen molar-refractivity contribution in [1.82, 2.24) is 15.5 Å². The summed E-state index contributed by atoms with van der Waals surface area (Å²) in [5.74, 6) is -2.32. The second-order valence-corrected chi connectivity index (χ2v) is 7.09. The predicted octanol–water partition coefficient (Wildman–Crippen LogP) is -0.433. The van der Waals surface area contributed by atoms with Gasteiger partial charge in [-0.2, -0.15) is 0 Å². The molecule has 10 heteroatoms. The zero-order valence-electron chi connectivity index (χ0n) is 17.3. The number of hydrogen-bond donors (Lipinski definition) is 5. The molecule has 1 heterocycles. The second kappa shape index (κ2) is 10.7. The van der Waals surface area contributed by atoms with E-state index in [1.807, 2.05) is 60.7 Å². The topological polar surface area (TPSA) is 171 Å². The third-order valence-electron chi connectivity index (χ3n) is 4.75. The molecular weight excluding hydrogens is 412 g/mol. The molecule has 1 amide bonds. The van der Waals surface area contributed by atoms with Gasteiger partial charge in [-0.1, -0.05) is 60.7 Å². The first-order valence-electron chi connectivity index (χ1n) is 10.0. The van der Waals surface area contributed by atoms with Gasteiger partial charge in [0, 0.05) is 0 Å². The van der Waals surface area contributed by atoms with E-state index in [1.165, 1.54) is 0 Å². The monoisotopic (exact) mass is 437 g/mol. The highest BCUT2D eigenvalue weighted by Crippen LogP contribution is 2.30. The van der Waals surface area contributed by atoms with Crippen molar-refractivity contribution < 1.29 is 24.1 Å². The van der Waals surface area contributed by atoms with E-state index < -0.39 is 17.9 Å². The maximum absolute atomic E-state index is 12.6. The normalized spacial score (nSPS) is 11.7.